The van der Waals surface area contributed by atoms with Crippen LogP contribution in [0.2, 0.25) is 19.6 Å². The van der Waals surface area contributed by atoms with Gasteiger partial charge in [0, 0.05) is 0 Å². The lowest BCUT2D eigenvalue weighted by molar-refractivity contribution is 0.243. The molecular weight excluding hydrogens is 140 g/mol. The van der Waals surface area contributed by atoms with E-state index in [1.807, 2.05) is 6.08 Å². The summed E-state index contributed by atoms with van der Waals surface area (Å²) in [5.74, 6) is 0. The maximum atomic E-state index is 9.03. The summed E-state index contributed by atoms with van der Waals surface area (Å²) in [4.78, 5) is 0. The quantitative estimate of drug-likeness (QED) is 0.611. The molecule has 0 aromatic carbocycles. The van der Waals surface area contributed by atoms with E-state index in [9.17, 15) is 0 Å². The van der Waals surface area contributed by atoms with Crippen LogP contribution in [0.25, 0.3) is 0 Å². The van der Waals surface area contributed by atoms with Crippen LogP contribution < -0.4 is 0 Å². The van der Waals surface area contributed by atoms with Crippen LogP contribution >= 0.6 is 0 Å². The largest absolute Gasteiger partial charge is 0.389 e. The second-order valence-corrected chi connectivity index (χ2v) is 9.13. The Kier molecular flexibility index (Phi) is 3.32. The van der Waals surface area contributed by atoms with Crippen molar-refractivity contribution in [1.82, 2.24) is 0 Å². The Hall–Kier alpha value is -0.0831. The third kappa shape index (κ3) is 3.85. The molecule has 0 aromatic rings. The molecule has 0 fully saturated rings. The number of hydrogen-bond acceptors (Lipinski definition) is 1. The molecule has 0 radical (unpaired) electrons. The van der Waals surface area contributed by atoms with Crippen LogP contribution in [0.5, 0.6) is 0 Å². The molecule has 1 N–H and O–H groups in total. The monoisotopic (exact) mass is 158 g/mol. The predicted octanol–water partition coefficient (Wildman–Crippen LogP) is 2.19. The van der Waals surface area contributed by atoms with Gasteiger partial charge in [-0.25, -0.2) is 0 Å². The summed E-state index contributed by atoms with van der Waals surface area (Å²) in [6.45, 7) is 10.7. The Balaban J connectivity index is 4.20. The van der Waals surface area contributed by atoms with Gasteiger partial charge in [-0.1, -0.05) is 30.9 Å². The van der Waals surface area contributed by atoms with E-state index in [0.29, 0.717) is 0 Å². The molecule has 2 heteroatoms. The minimum absolute atomic E-state index is 0.285. The standard InChI is InChI=1S/C8H18OSi/c1-7(9)6-8(2)10(3,4)5/h6-7,9H,1-5H3. The lowest BCUT2D eigenvalue weighted by atomic mass is 10.4. The number of rotatable bonds is 2. The van der Waals surface area contributed by atoms with Crippen molar-refractivity contribution in [1.29, 1.82) is 0 Å². The van der Waals surface area contributed by atoms with E-state index in [-0.39, 0.29) is 6.10 Å². The van der Waals surface area contributed by atoms with Crippen LogP contribution in [0.1, 0.15) is 13.8 Å². The van der Waals surface area contributed by atoms with Gasteiger partial charge >= 0.3 is 0 Å². The first-order chi connectivity index (χ1) is 4.34. The summed E-state index contributed by atoms with van der Waals surface area (Å²) >= 11 is 0. The minimum Gasteiger partial charge on any atom is -0.389 e. The predicted molar refractivity (Wildman–Crippen MR) is 48.8 cm³/mol. The zero-order valence-electron chi connectivity index (χ0n) is 7.60. The maximum Gasteiger partial charge on any atom is 0.0717 e. The highest BCUT2D eigenvalue weighted by molar-refractivity contribution is 6.82. The van der Waals surface area contributed by atoms with Gasteiger partial charge in [-0.2, -0.15) is 0 Å². The van der Waals surface area contributed by atoms with Crippen molar-refractivity contribution < 1.29 is 5.11 Å². The van der Waals surface area contributed by atoms with Gasteiger partial charge in [0.15, 0.2) is 0 Å². The summed E-state index contributed by atoms with van der Waals surface area (Å²) in [7, 11) is -1.12. The third-order valence-electron chi connectivity index (χ3n) is 1.67. The maximum absolute atomic E-state index is 9.03. The Morgan fingerprint density at radius 1 is 1.40 bits per heavy atom. The number of aliphatic hydroxyl groups is 1. The van der Waals surface area contributed by atoms with Crippen molar-refractivity contribution in [3.05, 3.63) is 11.3 Å². The molecule has 0 aliphatic carbocycles. The molecule has 0 saturated heterocycles. The highest BCUT2D eigenvalue weighted by atomic mass is 28.3. The topological polar surface area (TPSA) is 20.2 Å². The van der Waals surface area contributed by atoms with Gasteiger partial charge in [-0.05, 0) is 13.8 Å². The van der Waals surface area contributed by atoms with E-state index < -0.39 is 8.07 Å². The SMILES string of the molecule is CC(=CC(C)O)[Si](C)(C)C. The van der Waals surface area contributed by atoms with E-state index in [1.54, 1.807) is 6.92 Å². The Morgan fingerprint density at radius 2 is 1.80 bits per heavy atom. The molecule has 1 nitrogen and oxygen atoms in total. The van der Waals surface area contributed by atoms with Crippen molar-refractivity contribution in [2.75, 3.05) is 0 Å². The number of allylic oxidation sites excluding steroid dienone is 1. The Labute approximate surface area is 64.8 Å². The first kappa shape index (κ1) is 9.92. The second kappa shape index (κ2) is 3.35. The first-order valence-electron chi connectivity index (χ1n) is 3.71. The van der Waals surface area contributed by atoms with Gasteiger partial charge in [0.1, 0.15) is 0 Å². The molecule has 0 heterocycles. The zero-order valence-corrected chi connectivity index (χ0v) is 8.60. The van der Waals surface area contributed by atoms with Gasteiger partial charge in [0.2, 0.25) is 0 Å². The molecule has 0 aliphatic heterocycles. The smallest absolute Gasteiger partial charge is 0.0717 e. The summed E-state index contributed by atoms with van der Waals surface area (Å²) < 4.78 is 0. The normalized spacial score (nSPS) is 17.2. The molecule has 1 unspecified atom stereocenters. The summed E-state index contributed by atoms with van der Waals surface area (Å²) in [6, 6.07) is 0. The minimum atomic E-state index is -1.12. The van der Waals surface area contributed by atoms with E-state index in [0.717, 1.165) is 0 Å². The fourth-order valence-electron chi connectivity index (χ4n) is 0.612. The second-order valence-electron chi connectivity index (χ2n) is 3.84. The lowest BCUT2D eigenvalue weighted by Crippen LogP contribution is -2.23. The van der Waals surface area contributed by atoms with Crippen molar-refractivity contribution >= 4 is 8.07 Å². The molecule has 0 saturated carbocycles. The third-order valence-corrected chi connectivity index (χ3v) is 4.21. The van der Waals surface area contributed by atoms with Crippen LogP contribution in [-0.4, -0.2) is 19.3 Å². The molecule has 0 rings (SSSR count). The van der Waals surface area contributed by atoms with Crippen molar-refractivity contribution in [3.63, 3.8) is 0 Å². The van der Waals surface area contributed by atoms with Crippen LogP contribution in [0.15, 0.2) is 11.3 Å². The number of aliphatic hydroxyl groups excluding tert-OH is 1. The molecule has 10 heavy (non-hydrogen) atoms. The first-order valence-corrected chi connectivity index (χ1v) is 7.21. The molecule has 0 spiro atoms. The Morgan fingerprint density at radius 3 is 1.90 bits per heavy atom. The van der Waals surface area contributed by atoms with Crippen LogP contribution in [0.4, 0.5) is 0 Å². The summed E-state index contributed by atoms with van der Waals surface area (Å²) in [5.41, 5.74) is 0. The van der Waals surface area contributed by atoms with E-state index in [2.05, 4.69) is 26.6 Å². The molecule has 60 valence electrons. The zero-order chi connectivity index (χ0) is 8.36. The average Bonchev–Trinajstić information content (AvgIpc) is 1.60. The van der Waals surface area contributed by atoms with Gasteiger partial charge in [-0.3, -0.25) is 0 Å². The summed E-state index contributed by atoms with van der Waals surface area (Å²) in [5, 5.41) is 10.4. The van der Waals surface area contributed by atoms with E-state index >= 15 is 0 Å². The van der Waals surface area contributed by atoms with Crippen molar-refractivity contribution in [3.8, 4) is 0 Å². The van der Waals surface area contributed by atoms with Gasteiger partial charge < -0.3 is 5.11 Å². The van der Waals surface area contributed by atoms with E-state index in [4.69, 9.17) is 5.11 Å². The van der Waals surface area contributed by atoms with Crippen molar-refractivity contribution in [2.45, 2.75) is 39.6 Å². The van der Waals surface area contributed by atoms with Crippen LogP contribution in [0, 0.1) is 0 Å². The van der Waals surface area contributed by atoms with Crippen LogP contribution in [0.3, 0.4) is 0 Å². The van der Waals surface area contributed by atoms with Crippen molar-refractivity contribution in [2.24, 2.45) is 0 Å². The van der Waals surface area contributed by atoms with Gasteiger partial charge in [0.25, 0.3) is 0 Å². The van der Waals surface area contributed by atoms with Gasteiger partial charge in [-0.15, -0.1) is 0 Å². The highest BCUT2D eigenvalue weighted by Crippen LogP contribution is 2.13. The van der Waals surface area contributed by atoms with Crippen LogP contribution in [-0.2, 0) is 0 Å². The summed E-state index contributed by atoms with van der Waals surface area (Å²) in [6.07, 6.45) is 1.67. The van der Waals surface area contributed by atoms with Gasteiger partial charge in [0.05, 0.1) is 14.2 Å². The fraction of sp³-hybridized carbons (Fsp3) is 0.750. The fourth-order valence-corrected chi connectivity index (χ4v) is 1.35. The Bertz CT molecular complexity index is 131. The number of hydrogen-bond donors (Lipinski definition) is 1. The molecule has 1 atom stereocenters. The molecule has 0 amide bonds. The molecular formula is C8H18OSi. The molecule has 0 aliphatic rings. The molecule has 0 bridgehead atoms. The lowest BCUT2D eigenvalue weighted by Gasteiger charge is -2.17. The van der Waals surface area contributed by atoms with E-state index in [1.165, 1.54) is 5.20 Å². The molecule has 0 aromatic heterocycles. The highest BCUT2D eigenvalue weighted by Gasteiger charge is 2.15. The average molecular weight is 158 g/mol.